The molecule has 0 aliphatic heterocycles. The van der Waals surface area contributed by atoms with Crippen LogP contribution in [-0.4, -0.2) is 41.9 Å². The highest BCUT2D eigenvalue weighted by atomic mass is 32.2. The Morgan fingerprint density at radius 1 is 1.03 bits per heavy atom. The number of nitrogens with one attached hydrogen (secondary N) is 2. The van der Waals surface area contributed by atoms with Crippen molar-refractivity contribution in [2.24, 2.45) is 7.05 Å². The van der Waals surface area contributed by atoms with E-state index < -0.39 is 21.9 Å². The van der Waals surface area contributed by atoms with Gasteiger partial charge in [0.1, 0.15) is 17.5 Å². The van der Waals surface area contributed by atoms with E-state index in [4.69, 9.17) is 0 Å². The topological polar surface area (TPSA) is 133 Å². The first-order chi connectivity index (χ1) is 17.6. The van der Waals surface area contributed by atoms with E-state index in [-0.39, 0.29) is 16.5 Å². The monoisotopic (exact) mass is 521 g/mol. The Bertz CT molecular complexity index is 1700. The zero-order chi connectivity index (χ0) is 26.3. The minimum absolute atomic E-state index is 0.129. The normalized spacial score (nSPS) is 12.6. The largest absolute Gasteiger partial charge is 0.344 e. The number of anilines is 3. The van der Waals surface area contributed by atoms with E-state index in [0.717, 1.165) is 18.0 Å². The van der Waals surface area contributed by atoms with Crippen LogP contribution in [0.3, 0.4) is 0 Å². The van der Waals surface area contributed by atoms with Crippen LogP contribution < -0.4 is 10.6 Å². The van der Waals surface area contributed by atoms with E-state index >= 15 is 0 Å². The Labute approximate surface area is 212 Å². The van der Waals surface area contributed by atoms with E-state index in [9.17, 15) is 12.8 Å². The SMILES string of the molecule is Cc1ccc(S(=O)(=O)n2c(C)cc3c(Nc4cn(C)cn4)nc(NC(C)c4ncc(F)cn4)nc32)cc1. The molecular formula is C24H24FN9O2S. The third kappa shape index (κ3) is 4.72. The average molecular weight is 522 g/mol. The fraction of sp³-hybridized carbons (Fsp3) is 0.208. The number of benzene rings is 1. The van der Waals surface area contributed by atoms with Crippen molar-refractivity contribution in [1.29, 1.82) is 0 Å². The number of aryl methyl sites for hydroxylation is 3. The van der Waals surface area contributed by atoms with Crippen molar-refractivity contribution in [2.45, 2.75) is 31.7 Å². The number of imidazole rings is 1. The van der Waals surface area contributed by atoms with Gasteiger partial charge in [-0.15, -0.1) is 0 Å². The number of hydrogen-bond acceptors (Lipinski definition) is 9. The summed E-state index contributed by atoms with van der Waals surface area (Å²) < 4.78 is 43.6. The van der Waals surface area contributed by atoms with Gasteiger partial charge in [-0.25, -0.2) is 31.7 Å². The Morgan fingerprint density at radius 2 is 1.73 bits per heavy atom. The van der Waals surface area contributed by atoms with Gasteiger partial charge in [-0.2, -0.15) is 9.97 Å². The molecule has 0 aliphatic carbocycles. The molecule has 13 heteroatoms. The zero-order valence-electron chi connectivity index (χ0n) is 20.5. The average Bonchev–Trinajstić information content (AvgIpc) is 3.41. The van der Waals surface area contributed by atoms with Gasteiger partial charge in [-0.3, -0.25) is 0 Å². The van der Waals surface area contributed by atoms with Gasteiger partial charge in [0.2, 0.25) is 5.95 Å². The predicted molar refractivity (Wildman–Crippen MR) is 137 cm³/mol. The summed E-state index contributed by atoms with van der Waals surface area (Å²) in [4.78, 5) is 21.6. The van der Waals surface area contributed by atoms with Gasteiger partial charge in [-0.1, -0.05) is 17.7 Å². The molecule has 190 valence electrons. The van der Waals surface area contributed by atoms with Gasteiger partial charge < -0.3 is 15.2 Å². The summed E-state index contributed by atoms with van der Waals surface area (Å²) in [6, 6.07) is 7.83. The Morgan fingerprint density at radius 3 is 2.38 bits per heavy atom. The minimum atomic E-state index is -3.97. The molecule has 1 unspecified atom stereocenters. The summed E-state index contributed by atoms with van der Waals surface area (Å²) in [5, 5.41) is 6.74. The third-order valence-electron chi connectivity index (χ3n) is 5.68. The van der Waals surface area contributed by atoms with Crippen LogP contribution in [0.1, 0.15) is 30.0 Å². The predicted octanol–water partition coefficient (Wildman–Crippen LogP) is 3.86. The van der Waals surface area contributed by atoms with Crippen LogP contribution in [0, 0.1) is 19.7 Å². The first kappa shape index (κ1) is 24.3. The maximum atomic E-state index is 13.7. The maximum Gasteiger partial charge on any atom is 0.269 e. The van der Waals surface area contributed by atoms with E-state index in [0.29, 0.717) is 28.5 Å². The van der Waals surface area contributed by atoms with Gasteiger partial charge in [0.15, 0.2) is 11.5 Å². The molecule has 0 radical (unpaired) electrons. The van der Waals surface area contributed by atoms with Gasteiger partial charge in [0, 0.05) is 18.9 Å². The number of halogens is 1. The van der Waals surface area contributed by atoms with E-state index in [1.807, 2.05) is 14.0 Å². The molecule has 0 bridgehead atoms. The molecule has 5 aromatic rings. The van der Waals surface area contributed by atoms with E-state index in [1.54, 1.807) is 61.3 Å². The van der Waals surface area contributed by atoms with Crippen molar-refractivity contribution in [3.05, 3.63) is 78.1 Å². The smallest absolute Gasteiger partial charge is 0.269 e. The van der Waals surface area contributed by atoms with Crippen molar-refractivity contribution in [3.63, 3.8) is 0 Å². The van der Waals surface area contributed by atoms with Crippen LogP contribution in [0.2, 0.25) is 0 Å². The fourth-order valence-corrected chi connectivity index (χ4v) is 5.35. The molecule has 0 fully saturated rings. The quantitative estimate of drug-likeness (QED) is 0.327. The summed E-state index contributed by atoms with van der Waals surface area (Å²) in [6.07, 6.45) is 5.54. The van der Waals surface area contributed by atoms with Crippen molar-refractivity contribution in [2.75, 3.05) is 10.6 Å². The van der Waals surface area contributed by atoms with E-state index in [2.05, 4.69) is 35.6 Å². The highest BCUT2D eigenvalue weighted by Gasteiger charge is 2.25. The second kappa shape index (κ2) is 9.24. The molecule has 4 heterocycles. The molecule has 0 saturated heterocycles. The van der Waals surface area contributed by atoms with Crippen LogP contribution >= 0.6 is 0 Å². The Hall–Kier alpha value is -4.39. The highest BCUT2D eigenvalue weighted by molar-refractivity contribution is 7.90. The van der Waals surface area contributed by atoms with Gasteiger partial charge in [-0.05, 0) is 39.0 Å². The lowest BCUT2D eigenvalue weighted by molar-refractivity contribution is 0.587. The van der Waals surface area contributed by atoms with Crippen molar-refractivity contribution >= 4 is 38.6 Å². The molecule has 4 aromatic heterocycles. The lowest BCUT2D eigenvalue weighted by Crippen LogP contribution is -2.17. The van der Waals surface area contributed by atoms with Crippen molar-refractivity contribution in [1.82, 2.24) is 33.5 Å². The minimum Gasteiger partial charge on any atom is -0.344 e. The molecule has 1 atom stereocenters. The molecule has 0 spiro atoms. The van der Waals surface area contributed by atoms with Crippen LogP contribution in [0.4, 0.5) is 22.0 Å². The molecule has 0 aliphatic rings. The number of aromatic nitrogens is 7. The van der Waals surface area contributed by atoms with Crippen LogP contribution in [-0.2, 0) is 17.1 Å². The first-order valence-corrected chi connectivity index (χ1v) is 12.8. The second-order valence-corrected chi connectivity index (χ2v) is 10.5. The lowest BCUT2D eigenvalue weighted by atomic mass is 10.2. The molecule has 37 heavy (non-hydrogen) atoms. The number of rotatable bonds is 7. The van der Waals surface area contributed by atoms with Gasteiger partial charge in [0.25, 0.3) is 10.0 Å². The van der Waals surface area contributed by atoms with Gasteiger partial charge >= 0.3 is 0 Å². The second-order valence-electron chi connectivity index (χ2n) is 8.68. The molecular weight excluding hydrogens is 497 g/mol. The molecule has 5 rings (SSSR count). The van der Waals surface area contributed by atoms with Crippen LogP contribution in [0.15, 0.2) is 60.1 Å². The Balaban J connectivity index is 1.65. The third-order valence-corrected chi connectivity index (χ3v) is 7.48. The molecule has 11 nitrogen and oxygen atoms in total. The highest BCUT2D eigenvalue weighted by Crippen LogP contribution is 2.31. The maximum absolute atomic E-state index is 13.7. The summed E-state index contributed by atoms with van der Waals surface area (Å²) in [5.41, 5.74) is 1.59. The fourth-order valence-electron chi connectivity index (χ4n) is 3.86. The zero-order valence-corrected chi connectivity index (χ0v) is 21.3. The molecule has 2 N–H and O–H groups in total. The van der Waals surface area contributed by atoms with E-state index in [1.165, 1.54) is 3.97 Å². The molecule has 0 saturated carbocycles. The first-order valence-electron chi connectivity index (χ1n) is 11.3. The number of hydrogen-bond donors (Lipinski definition) is 2. The molecule has 0 amide bonds. The summed E-state index contributed by atoms with van der Waals surface area (Å²) >= 11 is 0. The van der Waals surface area contributed by atoms with Crippen LogP contribution in [0.25, 0.3) is 11.0 Å². The number of nitrogens with zero attached hydrogens (tertiary/aromatic N) is 7. The standard InChI is InChI=1S/C24H24FN9O2S/c1-14-5-7-18(8-6-14)37(35,36)34-15(2)9-19-22(30-20-12-33(4)13-28-20)31-24(32-23(19)34)29-16(3)21-26-10-17(25)11-27-21/h5-13,16H,1-4H3,(H2,29,30,31,32). The lowest BCUT2D eigenvalue weighted by Gasteiger charge is -2.15. The summed E-state index contributed by atoms with van der Waals surface area (Å²) in [5.74, 6) is 0.785. The van der Waals surface area contributed by atoms with Crippen LogP contribution in [0.5, 0.6) is 0 Å². The molecule has 1 aromatic carbocycles. The van der Waals surface area contributed by atoms with Gasteiger partial charge in [0.05, 0.1) is 35.0 Å². The number of fused-ring (bicyclic) bond motifs is 1. The summed E-state index contributed by atoms with van der Waals surface area (Å²) in [6.45, 7) is 5.35. The Kier molecular flexibility index (Phi) is 6.07. The van der Waals surface area contributed by atoms with Crippen molar-refractivity contribution in [3.8, 4) is 0 Å². The van der Waals surface area contributed by atoms with Crippen molar-refractivity contribution < 1.29 is 12.8 Å². The summed E-state index contributed by atoms with van der Waals surface area (Å²) in [7, 11) is -2.14.